The first kappa shape index (κ1) is 15.8. The van der Waals surface area contributed by atoms with E-state index in [9.17, 15) is 9.59 Å². The van der Waals surface area contributed by atoms with Gasteiger partial charge in [-0.25, -0.2) is 9.97 Å². The van der Waals surface area contributed by atoms with Crippen LogP contribution in [0.15, 0.2) is 64.3 Å². The first-order valence-corrected chi connectivity index (χ1v) is 8.00. The van der Waals surface area contributed by atoms with Gasteiger partial charge in [-0.05, 0) is 24.3 Å². The second-order valence-electron chi connectivity index (χ2n) is 5.69. The highest BCUT2D eigenvalue weighted by atomic mass is 16.3. The molecule has 26 heavy (non-hydrogen) atoms. The fraction of sp³-hybridized carbons (Fsp3) is 0.111. The van der Waals surface area contributed by atoms with Crippen LogP contribution < -0.4 is 10.9 Å². The molecule has 0 aliphatic carbocycles. The van der Waals surface area contributed by atoms with E-state index < -0.39 is 0 Å². The van der Waals surface area contributed by atoms with Crippen molar-refractivity contribution in [2.24, 2.45) is 0 Å². The zero-order chi connectivity index (χ0) is 17.9. The van der Waals surface area contributed by atoms with Crippen molar-refractivity contribution in [2.75, 3.05) is 0 Å². The molecule has 4 rings (SSSR count). The Labute approximate surface area is 147 Å². The largest absolute Gasteiger partial charge is 0.463 e. The highest BCUT2D eigenvalue weighted by Gasteiger charge is 2.09. The van der Waals surface area contributed by atoms with Crippen LogP contribution in [0.5, 0.6) is 0 Å². The molecule has 3 heterocycles. The number of aromatic amines is 1. The number of aromatic nitrogens is 4. The van der Waals surface area contributed by atoms with Crippen molar-refractivity contribution in [3.63, 3.8) is 0 Å². The molecule has 2 N–H and O–H groups in total. The number of rotatable bonds is 5. The monoisotopic (exact) mass is 349 g/mol. The van der Waals surface area contributed by atoms with Crippen LogP contribution in [0.2, 0.25) is 0 Å². The number of hydrogen-bond acceptors (Lipinski definition) is 5. The standard InChI is InChI=1S/C18H15N5O3/c24-17(19-9-16-21-12-4-1-2-5-13(12)22-16)10-23-11-20-14(8-18(23)25)15-6-3-7-26-15/h1-8,11H,9-10H2,(H,19,24)(H,21,22). The summed E-state index contributed by atoms with van der Waals surface area (Å²) in [5.74, 6) is 0.849. The van der Waals surface area contributed by atoms with Crippen LogP contribution >= 0.6 is 0 Å². The van der Waals surface area contributed by atoms with Crippen molar-refractivity contribution in [3.8, 4) is 11.5 Å². The minimum Gasteiger partial charge on any atom is -0.463 e. The number of nitrogens with zero attached hydrogens (tertiary/aromatic N) is 3. The van der Waals surface area contributed by atoms with Crippen LogP contribution in [0.3, 0.4) is 0 Å². The van der Waals surface area contributed by atoms with Crippen LogP contribution in [-0.4, -0.2) is 25.4 Å². The van der Waals surface area contributed by atoms with Crippen LogP contribution in [0, 0.1) is 0 Å². The number of carbonyl (C=O) groups is 1. The first-order chi connectivity index (χ1) is 12.7. The lowest BCUT2D eigenvalue weighted by Crippen LogP contribution is -2.32. The lowest BCUT2D eigenvalue weighted by molar-refractivity contribution is -0.121. The van der Waals surface area contributed by atoms with E-state index >= 15 is 0 Å². The van der Waals surface area contributed by atoms with Gasteiger partial charge in [0, 0.05) is 6.07 Å². The zero-order valence-electron chi connectivity index (χ0n) is 13.7. The van der Waals surface area contributed by atoms with E-state index in [1.807, 2.05) is 24.3 Å². The Morgan fingerprint density at radius 3 is 2.88 bits per heavy atom. The van der Waals surface area contributed by atoms with E-state index in [-0.39, 0.29) is 24.6 Å². The number of amides is 1. The molecule has 0 aliphatic rings. The fourth-order valence-electron chi connectivity index (χ4n) is 2.59. The second kappa shape index (κ2) is 6.67. The minimum atomic E-state index is -0.328. The maximum Gasteiger partial charge on any atom is 0.254 e. The number of imidazole rings is 1. The SMILES string of the molecule is O=C(Cn1cnc(-c2ccco2)cc1=O)NCc1nc2ccccc2[nH]1. The lowest BCUT2D eigenvalue weighted by Gasteiger charge is -2.06. The summed E-state index contributed by atoms with van der Waals surface area (Å²) in [6.45, 7) is 0.130. The molecule has 0 radical (unpaired) electrons. The smallest absolute Gasteiger partial charge is 0.254 e. The Kier molecular flexibility index (Phi) is 4.06. The minimum absolute atomic E-state index is 0.121. The number of nitrogens with one attached hydrogen (secondary N) is 2. The maximum absolute atomic E-state index is 12.1. The summed E-state index contributed by atoms with van der Waals surface area (Å²) >= 11 is 0. The van der Waals surface area contributed by atoms with Crippen molar-refractivity contribution < 1.29 is 9.21 Å². The van der Waals surface area contributed by atoms with Crippen molar-refractivity contribution in [2.45, 2.75) is 13.1 Å². The summed E-state index contributed by atoms with van der Waals surface area (Å²) < 4.78 is 6.44. The van der Waals surface area contributed by atoms with Gasteiger partial charge in [0.2, 0.25) is 5.91 Å². The van der Waals surface area contributed by atoms with Crippen LogP contribution in [0.4, 0.5) is 0 Å². The van der Waals surface area contributed by atoms with Crippen LogP contribution in [-0.2, 0) is 17.9 Å². The molecule has 0 atom stereocenters. The Balaban J connectivity index is 1.40. The lowest BCUT2D eigenvalue weighted by atomic mass is 10.3. The predicted octanol–water partition coefficient (Wildman–Crippen LogP) is 1.70. The predicted molar refractivity (Wildman–Crippen MR) is 94.1 cm³/mol. The average molecular weight is 349 g/mol. The van der Waals surface area contributed by atoms with Gasteiger partial charge < -0.3 is 14.7 Å². The Morgan fingerprint density at radius 2 is 2.12 bits per heavy atom. The van der Waals surface area contributed by atoms with Crippen molar-refractivity contribution in [1.82, 2.24) is 24.8 Å². The summed E-state index contributed by atoms with van der Waals surface area (Å²) in [6, 6.07) is 12.4. The number of furan rings is 1. The summed E-state index contributed by atoms with van der Waals surface area (Å²) in [5.41, 5.74) is 1.85. The molecule has 4 aromatic rings. The number of carbonyl (C=O) groups excluding carboxylic acids is 1. The molecule has 0 spiro atoms. The van der Waals surface area contributed by atoms with Gasteiger partial charge in [0.25, 0.3) is 5.56 Å². The van der Waals surface area contributed by atoms with E-state index in [2.05, 4.69) is 20.3 Å². The quantitative estimate of drug-likeness (QED) is 0.570. The van der Waals surface area contributed by atoms with E-state index in [1.54, 1.807) is 12.1 Å². The molecule has 8 heteroatoms. The highest BCUT2D eigenvalue weighted by Crippen LogP contribution is 2.14. The first-order valence-electron chi connectivity index (χ1n) is 8.00. The molecule has 1 aromatic carbocycles. The number of H-pyrrole nitrogens is 1. The van der Waals surface area contributed by atoms with Crippen molar-refractivity contribution in [3.05, 3.63) is 71.2 Å². The molecule has 0 unspecified atom stereocenters. The second-order valence-corrected chi connectivity index (χ2v) is 5.69. The van der Waals surface area contributed by atoms with E-state index in [0.29, 0.717) is 17.3 Å². The molecule has 8 nitrogen and oxygen atoms in total. The van der Waals surface area contributed by atoms with Crippen LogP contribution in [0.1, 0.15) is 5.82 Å². The van der Waals surface area contributed by atoms with E-state index in [4.69, 9.17) is 4.42 Å². The van der Waals surface area contributed by atoms with Crippen molar-refractivity contribution >= 4 is 16.9 Å². The van der Waals surface area contributed by atoms with Gasteiger partial charge >= 0.3 is 0 Å². The molecular weight excluding hydrogens is 334 g/mol. The molecule has 0 fully saturated rings. The molecule has 3 aromatic heterocycles. The topological polar surface area (TPSA) is 106 Å². The van der Waals surface area contributed by atoms with Gasteiger partial charge in [0.05, 0.1) is 30.2 Å². The van der Waals surface area contributed by atoms with Gasteiger partial charge in [0.15, 0.2) is 5.76 Å². The van der Waals surface area contributed by atoms with Gasteiger partial charge in [-0.2, -0.15) is 0 Å². The van der Waals surface area contributed by atoms with Gasteiger partial charge in [-0.1, -0.05) is 12.1 Å². The number of hydrogen-bond donors (Lipinski definition) is 2. The third kappa shape index (κ3) is 3.25. The highest BCUT2D eigenvalue weighted by molar-refractivity contribution is 5.76. The fourth-order valence-corrected chi connectivity index (χ4v) is 2.59. The summed E-state index contributed by atoms with van der Waals surface area (Å²) in [5, 5.41) is 2.74. The van der Waals surface area contributed by atoms with Crippen LogP contribution in [0.25, 0.3) is 22.5 Å². The molecule has 0 bridgehead atoms. The summed E-state index contributed by atoms with van der Waals surface area (Å²) in [6.07, 6.45) is 2.84. The average Bonchev–Trinajstić information content (AvgIpc) is 3.31. The Morgan fingerprint density at radius 1 is 1.23 bits per heavy atom. The van der Waals surface area contributed by atoms with Gasteiger partial charge in [-0.15, -0.1) is 0 Å². The maximum atomic E-state index is 12.1. The summed E-state index contributed by atoms with van der Waals surface area (Å²) in [4.78, 5) is 35.9. The summed E-state index contributed by atoms with van der Waals surface area (Å²) in [7, 11) is 0. The Bertz CT molecular complexity index is 1080. The third-order valence-electron chi connectivity index (χ3n) is 3.86. The number of fused-ring (bicyclic) bond motifs is 1. The molecule has 0 saturated heterocycles. The molecule has 130 valence electrons. The molecule has 0 saturated carbocycles. The molecule has 1 amide bonds. The van der Waals surface area contributed by atoms with Gasteiger partial charge in [0.1, 0.15) is 18.1 Å². The third-order valence-corrected chi connectivity index (χ3v) is 3.86. The Hall–Kier alpha value is -3.68. The van der Waals surface area contributed by atoms with Crippen molar-refractivity contribution in [1.29, 1.82) is 0 Å². The number of benzene rings is 1. The molecular formula is C18H15N5O3. The normalized spacial score (nSPS) is 10.9. The van der Waals surface area contributed by atoms with E-state index in [0.717, 1.165) is 11.0 Å². The molecule has 0 aliphatic heterocycles. The van der Waals surface area contributed by atoms with E-state index in [1.165, 1.54) is 23.2 Å². The zero-order valence-corrected chi connectivity index (χ0v) is 13.7. The number of para-hydroxylation sites is 2. The van der Waals surface area contributed by atoms with Gasteiger partial charge in [-0.3, -0.25) is 14.2 Å².